The molecule has 2 amide bonds. The molecule has 3 rings (SSSR count). The van der Waals surface area contributed by atoms with Gasteiger partial charge in [-0.1, -0.05) is 6.07 Å². The summed E-state index contributed by atoms with van der Waals surface area (Å²) in [6.07, 6.45) is 2.21. The number of fused-ring (bicyclic) bond motifs is 1. The Morgan fingerprint density at radius 1 is 1.19 bits per heavy atom. The van der Waals surface area contributed by atoms with Crippen molar-refractivity contribution in [3.63, 3.8) is 0 Å². The number of carboxylic acids is 1. The summed E-state index contributed by atoms with van der Waals surface area (Å²) in [7, 11) is 0. The predicted octanol–water partition coefficient (Wildman–Crippen LogP) is 2.53. The van der Waals surface area contributed by atoms with Gasteiger partial charge in [-0.2, -0.15) is 0 Å². The van der Waals surface area contributed by atoms with Crippen LogP contribution in [0.2, 0.25) is 0 Å². The summed E-state index contributed by atoms with van der Waals surface area (Å²) in [5.74, 6) is -0.999. The molecule has 0 unspecified atom stereocenters. The lowest BCUT2D eigenvalue weighted by Gasteiger charge is -2.34. The van der Waals surface area contributed by atoms with Gasteiger partial charge in [-0.15, -0.1) is 0 Å². The maximum absolute atomic E-state index is 12.9. The van der Waals surface area contributed by atoms with Crippen LogP contribution in [0.5, 0.6) is 0 Å². The summed E-state index contributed by atoms with van der Waals surface area (Å²) in [5.41, 5.74) is 2.16. The van der Waals surface area contributed by atoms with Gasteiger partial charge in [0.1, 0.15) is 0 Å². The van der Waals surface area contributed by atoms with E-state index in [-0.39, 0.29) is 24.3 Å². The van der Waals surface area contributed by atoms with Gasteiger partial charge in [-0.25, -0.2) is 9.59 Å². The van der Waals surface area contributed by atoms with Gasteiger partial charge in [0.25, 0.3) is 0 Å². The molecular weight excluding hydrogens is 336 g/mol. The zero-order valence-corrected chi connectivity index (χ0v) is 14.9. The summed E-state index contributed by atoms with van der Waals surface area (Å²) < 4.78 is 5.11. The van der Waals surface area contributed by atoms with E-state index in [1.807, 2.05) is 6.07 Å². The van der Waals surface area contributed by atoms with Gasteiger partial charge in [0.2, 0.25) is 0 Å². The number of ether oxygens (including phenoxy) is 1. The Balaban J connectivity index is 1.70. The van der Waals surface area contributed by atoms with Crippen molar-refractivity contribution in [2.45, 2.75) is 32.6 Å². The molecule has 2 aliphatic rings. The number of carboxylic acid groups (broad SMARTS) is 1. The van der Waals surface area contributed by atoms with Crippen molar-refractivity contribution in [2.75, 3.05) is 31.1 Å². The first-order valence-electron chi connectivity index (χ1n) is 9.08. The lowest BCUT2D eigenvalue weighted by atomic mass is 9.94. The van der Waals surface area contributed by atoms with Crippen LogP contribution in [0, 0.1) is 5.92 Å². The first kappa shape index (κ1) is 18.2. The summed E-state index contributed by atoms with van der Waals surface area (Å²) in [5, 5.41) is 8.91. The van der Waals surface area contributed by atoms with Gasteiger partial charge in [0.15, 0.2) is 0 Å². The van der Waals surface area contributed by atoms with Crippen LogP contribution in [0.15, 0.2) is 18.2 Å². The lowest BCUT2D eigenvalue weighted by Crippen LogP contribution is -2.46. The number of likely N-dealkylation sites (tertiary alicyclic amines) is 1. The average Bonchev–Trinajstić information content (AvgIpc) is 3.05. The average molecular weight is 360 g/mol. The second-order valence-corrected chi connectivity index (χ2v) is 6.74. The lowest BCUT2D eigenvalue weighted by molar-refractivity contribution is -0.138. The third-order valence-corrected chi connectivity index (χ3v) is 5.10. The fourth-order valence-corrected chi connectivity index (χ4v) is 3.78. The molecule has 7 nitrogen and oxygen atoms in total. The minimum Gasteiger partial charge on any atom is -0.481 e. The van der Waals surface area contributed by atoms with E-state index in [1.165, 1.54) is 0 Å². The van der Waals surface area contributed by atoms with Gasteiger partial charge in [0, 0.05) is 31.7 Å². The molecule has 1 fully saturated rings. The molecule has 0 saturated carbocycles. The first-order chi connectivity index (χ1) is 12.5. The molecule has 2 aliphatic heterocycles. The maximum Gasteiger partial charge on any atom is 0.338 e. The van der Waals surface area contributed by atoms with Crippen molar-refractivity contribution in [1.82, 2.24) is 4.90 Å². The number of esters is 1. The smallest absolute Gasteiger partial charge is 0.338 e. The minimum atomic E-state index is -0.783. The van der Waals surface area contributed by atoms with Crippen LogP contribution < -0.4 is 4.90 Å². The van der Waals surface area contributed by atoms with E-state index < -0.39 is 5.97 Å². The molecular formula is C19H24N2O5. The van der Waals surface area contributed by atoms with Crippen molar-refractivity contribution < 1.29 is 24.2 Å². The first-order valence-corrected chi connectivity index (χ1v) is 9.08. The van der Waals surface area contributed by atoms with Gasteiger partial charge in [-0.3, -0.25) is 9.69 Å². The van der Waals surface area contributed by atoms with Crippen LogP contribution >= 0.6 is 0 Å². The van der Waals surface area contributed by atoms with Crippen LogP contribution in [0.25, 0.3) is 0 Å². The zero-order chi connectivity index (χ0) is 18.7. The Labute approximate surface area is 152 Å². The number of piperidine rings is 1. The standard InChI is InChI=1S/C19H24N2O5/c1-2-26-18(24)15-4-3-5-16-14(15)8-11-21(16)19(25)20-9-6-13(7-10-20)12-17(22)23/h3-5,13H,2,6-12H2,1H3,(H,22,23). The molecule has 2 heterocycles. The number of carbonyl (C=O) groups is 3. The summed E-state index contributed by atoms with van der Waals surface area (Å²) in [4.78, 5) is 39.4. The van der Waals surface area contributed by atoms with Crippen LogP contribution in [0.4, 0.5) is 10.5 Å². The summed E-state index contributed by atoms with van der Waals surface area (Å²) in [6.45, 7) is 3.77. The van der Waals surface area contributed by atoms with E-state index in [4.69, 9.17) is 9.84 Å². The van der Waals surface area contributed by atoms with Crippen LogP contribution in [-0.2, 0) is 16.0 Å². The van der Waals surface area contributed by atoms with Gasteiger partial charge in [-0.05, 0) is 49.8 Å². The van der Waals surface area contributed by atoms with E-state index in [0.717, 1.165) is 11.3 Å². The minimum absolute atomic E-state index is 0.0708. The quantitative estimate of drug-likeness (QED) is 0.834. The van der Waals surface area contributed by atoms with E-state index >= 15 is 0 Å². The topological polar surface area (TPSA) is 87.2 Å². The van der Waals surface area contributed by atoms with Crippen molar-refractivity contribution in [3.05, 3.63) is 29.3 Å². The molecule has 0 bridgehead atoms. The molecule has 0 aromatic heterocycles. The number of benzene rings is 1. The van der Waals surface area contributed by atoms with Crippen LogP contribution in [0.3, 0.4) is 0 Å². The Morgan fingerprint density at radius 3 is 2.58 bits per heavy atom. The van der Waals surface area contributed by atoms with E-state index in [9.17, 15) is 14.4 Å². The molecule has 1 saturated heterocycles. The van der Waals surface area contributed by atoms with Crippen LogP contribution in [-0.4, -0.2) is 54.2 Å². The van der Waals surface area contributed by atoms with E-state index in [1.54, 1.807) is 28.9 Å². The highest BCUT2D eigenvalue weighted by atomic mass is 16.5. The number of hydrogen-bond donors (Lipinski definition) is 1. The normalized spacial score (nSPS) is 17.1. The predicted molar refractivity (Wildman–Crippen MR) is 95.4 cm³/mol. The number of amides is 2. The van der Waals surface area contributed by atoms with Gasteiger partial charge in [0.05, 0.1) is 12.2 Å². The Hall–Kier alpha value is -2.57. The number of anilines is 1. The molecule has 0 atom stereocenters. The molecule has 1 N–H and O–H groups in total. The van der Waals surface area contributed by atoms with Crippen molar-refractivity contribution in [2.24, 2.45) is 5.92 Å². The van der Waals surface area contributed by atoms with Crippen molar-refractivity contribution in [3.8, 4) is 0 Å². The van der Waals surface area contributed by atoms with E-state index in [0.29, 0.717) is 51.1 Å². The Bertz CT molecular complexity index is 710. The fraction of sp³-hybridized carbons (Fsp3) is 0.526. The SMILES string of the molecule is CCOC(=O)c1cccc2c1CCN2C(=O)N1CCC(CC(=O)O)CC1. The fourth-order valence-electron chi connectivity index (χ4n) is 3.78. The monoisotopic (exact) mass is 360 g/mol. The molecule has 1 aromatic carbocycles. The van der Waals surface area contributed by atoms with Gasteiger partial charge >= 0.3 is 18.0 Å². The van der Waals surface area contributed by atoms with E-state index in [2.05, 4.69) is 0 Å². The highest BCUT2D eigenvalue weighted by molar-refractivity contribution is 5.99. The molecule has 7 heteroatoms. The highest BCUT2D eigenvalue weighted by Crippen LogP contribution is 2.33. The largest absolute Gasteiger partial charge is 0.481 e. The maximum atomic E-state index is 12.9. The Morgan fingerprint density at radius 2 is 1.92 bits per heavy atom. The molecule has 0 aliphatic carbocycles. The third-order valence-electron chi connectivity index (χ3n) is 5.10. The Kier molecular flexibility index (Phi) is 5.44. The molecule has 26 heavy (non-hydrogen) atoms. The molecule has 1 aromatic rings. The molecule has 0 spiro atoms. The second-order valence-electron chi connectivity index (χ2n) is 6.74. The summed E-state index contributed by atoms with van der Waals surface area (Å²) in [6, 6.07) is 5.30. The number of carbonyl (C=O) groups excluding carboxylic acids is 2. The number of aliphatic carboxylic acids is 1. The third kappa shape index (κ3) is 3.66. The number of rotatable bonds is 4. The second kappa shape index (κ2) is 7.76. The van der Waals surface area contributed by atoms with Crippen molar-refractivity contribution >= 4 is 23.7 Å². The van der Waals surface area contributed by atoms with Gasteiger partial charge < -0.3 is 14.7 Å². The summed E-state index contributed by atoms with van der Waals surface area (Å²) >= 11 is 0. The van der Waals surface area contributed by atoms with Crippen molar-refractivity contribution in [1.29, 1.82) is 0 Å². The number of hydrogen-bond acceptors (Lipinski definition) is 4. The van der Waals surface area contributed by atoms with Crippen LogP contribution in [0.1, 0.15) is 42.1 Å². The molecule has 0 radical (unpaired) electrons. The highest BCUT2D eigenvalue weighted by Gasteiger charge is 2.33. The number of nitrogens with zero attached hydrogens (tertiary/aromatic N) is 2. The number of urea groups is 1. The molecule has 140 valence electrons. The zero-order valence-electron chi connectivity index (χ0n) is 14.9.